The van der Waals surface area contributed by atoms with Crippen LogP contribution in [0.2, 0.25) is 5.02 Å². The summed E-state index contributed by atoms with van der Waals surface area (Å²) < 4.78 is 1.13. The highest BCUT2D eigenvalue weighted by molar-refractivity contribution is 9.11. The first-order valence-corrected chi connectivity index (χ1v) is 9.56. The molecule has 0 saturated carbocycles. The number of anilines is 1. The average molecular weight is 410 g/mol. The maximum Gasteiger partial charge on any atom is 0.248 e. The van der Waals surface area contributed by atoms with E-state index in [9.17, 15) is 4.79 Å². The minimum absolute atomic E-state index is 0.0545. The number of amides is 1. The Morgan fingerprint density at radius 3 is 2.87 bits per heavy atom. The van der Waals surface area contributed by atoms with Gasteiger partial charge in [-0.05, 0) is 65.5 Å². The molecule has 0 N–H and O–H groups in total. The molecule has 0 saturated heterocycles. The smallest absolute Gasteiger partial charge is 0.248 e. The highest BCUT2D eigenvalue weighted by Crippen LogP contribution is 2.37. The van der Waals surface area contributed by atoms with Crippen LogP contribution in [0.1, 0.15) is 29.7 Å². The zero-order valence-electron chi connectivity index (χ0n) is 12.3. The fourth-order valence-electron chi connectivity index (χ4n) is 3.24. The number of hydrogen-bond donors (Lipinski definition) is 0. The molecule has 1 unspecified atom stereocenters. The van der Waals surface area contributed by atoms with Crippen molar-refractivity contribution in [2.24, 2.45) is 11.0 Å². The van der Waals surface area contributed by atoms with E-state index in [2.05, 4.69) is 22.0 Å². The fraction of sp³-hybridized carbons (Fsp3) is 0.294. The second-order valence-electron chi connectivity index (χ2n) is 5.85. The highest BCUT2D eigenvalue weighted by atomic mass is 79.9. The Labute approximate surface area is 152 Å². The number of hydrazone groups is 1. The quantitative estimate of drug-likeness (QED) is 0.632. The summed E-state index contributed by atoms with van der Waals surface area (Å²) in [6, 6.07) is 9.40. The lowest BCUT2D eigenvalue weighted by molar-refractivity contribution is -0.119. The topological polar surface area (TPSA) is 32.7 Å². The number of thiophene rings is 1. The summed E-state index contributed by atoms with van der Waals surface area (Å²) in [5.74, 6) is 0.285. The summed E-state index contributed by atoms with van der Waals surface area (Å²) in [7, 11) is 0. The third-order valence-electron chi connectivity index (χ3n) is 4.33. The molecule has 1 aromatic heterocycles. The molecule has 2 heterocycles. The van der Waals surface area contributed by atoms with Crippen molar-refractivity contribution in [2.75, 3.05) is 5.01 Å². The van der Waals surface area contributed by atoms with Gasteiger partial charge in [0.05, 0.1) is 15.2 Å². The molecule has 1 amide bonds. The second-order valence-corrected chi connectivity index (χ2v) is 8.80. The summed E-state index contributed by atoms with van der Waals surface area (Å²) in [5.41, 5.74) is 3.02. The largest absolute Gasteiger partial charge is 0.273 e. The summed E-state index contributed by atoms with van der Waals surface area (Å²) in [4.78, 5) is 13.9. The number of rotatable bonds is 1. The van der Waals surface area contributed by atoms with Crippen LogP contribution in [0.25, 0.3) is 0 Å². The van der Waals surface area contributed by atoms with E-state index in [0.717, 1.165) is 34.4 Å². The van der Waals surface area contributed by atoms with Crippen LogP contribution < -0.4 is 5.01 Å². The molecule has 2 aliphatic rings. The molecule has 3 nitrogen and oxygen atoms in total. The Kier molecular flexibility index (Phi) is 4.03. The van der Waals surface area contributed by atoms with Crippen molar-refractivity contribution in [1.82, 2.24) is 0 Å². The minimum atomic E-state index is 0.0545. The Bertz CT molecular complexity index is 799. The van der Waals surface area contributed by atoms with Crippen molar-refractivity contribution < 1.29 is 4.79 Å². The van der Waals surface area contributed by atoms with Gasteiger partial charge in [-0.2, -0.15) is 5.10 Å². The number of hydrogen-bond acceptors (Lipinski definition) is 3. The first-order chi connectivity index (χ1) is 11.1. The minimum Gasteiger partial charge on any atom is -0.273 e. The van der Waals surface area contributed by atoms with Crippen LogP contribution in [-0.4, -0.2) is 11.6 Å². The summed E-state index contributed by atoms with van der Waals surface area (Å²) in [5, 5.41) is 6.93. The maximum absolute atomic E-state index is 12.5. The van der Waals surface area contributed by atoms with Gasteiger partial charge in [-0.1, -0.05) is 11.6 Å². The number of carbonyl (C=O) groups excluding carboxylic acids is 1. The number of benzene rings is 1. The molecule has 118 valence electrons. The lowest BCUT2D eigenvalue weighted by atomic mass is 9.91. The van der Waals surface area contributed by atoms with Gasteiger partial charge in [-0.15, -0.1) is 11.3 Å². The molecule has 0 fully saturated rings. The van der Waals surface area contributed by atoms with Crippen molar-refractivity contribution in [3.63, 3.8) is 0 Å². The van der Waals surface area contributed by atoms with Crippen LogP contribution in [0, 0.1) is 5.92 Å². The number of halogens is 2. The molecule has 6 heteroatoms. The third-order valence-corrected chi connectivity index (χ3v) is 6.28. The van der Waals surface area contributed by atoms with E-state index in [4.69, 9.17) is 16.7 Å². The number of fused-ring (bicyclic) bond motifs is 3. The van der Waals surface area contributed by atoms with E-state index in [1.807, 2.05) is 12.1 Å². The monoisotopic (exact) mass is 408 g/mol. The first kappa shape index (κ1) is 15.4. The third kappa shape index (κ3) is 2.86. The first-order valence-electron chi connectivity index (χ1n) is 7.57. The van der Waals surface area contributed by atoms with E-state index < -0.39 is 0 Å². The zero-order valence-corrected chi connectivity index (χ0v) is 15.4. The molecule has 0 radical (unpaired) electrons. The van der Waals surface area contributed by atoms with Crippen LogP contribution in [0.4, 0.5) is 5.69 Å². The molecular weight excluding hydrogens is 396 g/mol. The predicted octanol–water partition coefficient (Wildman–Crippen LogP) is 5.26. The highest BCUT2D eigenvalue weighted by Gasteiger charge is 2.34. The van der Waals surface area contributed by atoms with E-state index in [-0.39, 0.29) is 11.8 Å². The average Bonchev–Trinajstić information content (AvgIpc) is 2.81. The van der Waals surface area contributed by atoms with Gasteiger partial charge in [-0.3, -0.25) is 4.79 Å². The molecule has 0 spiro atoms. The Morgan fingerprint density at radius 2 is 2.09 bits per heavy atom. The van der Waals surface area contributed by atoms with Gasteiger partial charge in [-0.25, -0.2) is 5.01 Å². The van der Waals surface area contributed by atoms with Crippen molar-refractivity contribution in [3.05, 3.63) is 49.6 Å². The molecule has 1 atom stereocenters. The number of nitrogens with zero attached hydrogens (tertiary/aromatic N) is 2. The van der Waals surface area contributed by atoms with E-state index >= 15 is 0 Å². The van der Waals surface area contributed by atoms with Gasteiger partial charge in [0.25, 0.3) is 0 Å². The molecule has 0 bridgehead atoms. The molecule has 23 heavy (non-hydrogen) atoms. The predicted molar refractivity (Wildman–Crippen MR) is 98.5 cm³/mol. The van der Waals surface area contributed by atoms with E-state index in [1.54, 1.807) is 23.5 Å². The van der Waals surface area contributed by atoms with Crippen molar-refractivity contribution in [1.29, 1.82) is 0 Å². The summed E-state index contributed by atoms with van der Waals surface area (Å²) >= 11 is 11.3. The molecule has 4 rings (SSSR count). The molecule has 1 aliphatic carbocycles. The fourth-order valence-corrected chi connectivity index (χ4v) is 5.12. The van der Waals surface area contributed by atoms with Gasteiger partial charge >= 0.3 is 0 Å². The number of aryl methyl sites for hydroxylation is 1. The number of carbonyl (C=O) groups is 1. The van der Waals surface area contributed by atoms with Gasteiger partial charge in [0.2, 0.25) is 5.91 Å². The maximum atomic E-state index is 12.5. The lowest BCUT2D eigenvalue weighted by Gasteiger charge is -2.28. The Hall–Kier alpha value is -1.17. The Morgan fingerprint density at radius 1 is 1.30 bits per heavy atom. The summed E-state index contributed by atoms with van der Waals surface area (Å²) in [6.45, 7) is 0. The molecule has 1 aromatic carbocycles. The summed E-state index contributed by atoms with van der Waals surface area (Å²) in [6.07, 6.45) is 3.72. The van der Waals surface area contributed by atoms with Crippen molar-refractivity contribution in [2.45, 2.75) is 25.7 Å². The lowest BCUT2D eigenvalue weighted by Crippen LogP contribution is -2.37. The van der Waals surface area contributed by atoms with Crippen LogP contribution in [0.5, 0.6) is 0 Å². The van der Waals surface area contributed by atoms with Crippen LogP contribution in [0.15, 0.2) is 39.2 Å². The van der Waals surface area contributed by atoms with Gasteiger partial charge < -0.3 is 0 Å². The Balaban J connectivity index is 1.80. The normalized spacial score (nSPS) is 20.6. The standard InChI is InChI=1S/C17H14BrClN2OS/c18-15-9-13-14(23-15)3-1-2-10-8-16(22)21(20-17(10)13)12-6-4-11(19)5-7-12/h4-7,9-10H,1-3,8H2. The van der Waals surface area contributed by atoms with Crippen molar-refractivity contribution in [3.8, 4) is 0 Å². The van der Waals surface area contributed by atoms with Crippen molar-refractivity contribution >= 4 is 56.2 Å². The zero-order chi connectivity index (χ0) is 16.0. The van der Waals surface area contributed by atoms with Gasteiger partial charge in [0.15, 0.2) is 0 Å². The van der Waals surface area contributed by atoms with E-state index in [0.29, 0.717) is 11.4 Å². The second kappa shape index (κ2) is 6.04. The van der Waals surface area contributed by atoms with Crippen LogP contribution in [-0.2, 0) is 11.2 Å². The van der Waals surface area contributed by atoms with Crippen LogP contribution >= 0.6 is 38.9 Å². The SMILES string of the molecule is O=C1CC2CCCc3sc(Br)cc3C2=NN1c1ccc(Cl)cc1. The van der Waals surface area contributed by atoms with Crippen LogP contribution in [0.3, 0.4) is 0 Å². The molecule has 2 aromatic rings. The van der Waals surface area contributed by atoms with Gasteiger partial charge in [0.1, 0.15) is 0 Å². The molecular formula is C17H14BrClN2OS. The van der Waals surface area contributed by atoms with E-state index in [1.165, 1.54) is 15.4 Å². The van der Waals surface area contributed by atoms with Gasteiger partial charge in [0, 0.05) is 27.8 Å². The molecule has 1 aliphatic heterocycles.